The van der Waals surface area contributed by atoms with Crippen molar-refractivity contribution in [3.05, 3.63) is 100 Å². The molecule has 0 saturated heterocycles. The van der Waals surface area contributed by atoms with E-state index in [1.165, 1.54) is 33.5 Å². The fourth-order valence-corrected chi connectivity index (χ4v) is 2.78. The molecule has 0 aliphatic carbocycles. The Morgan fingerprint density at radius 3 is 1.86 bits per heavy atom. The molecule has 0 saturated carbocycles. The Morgan fingerprint density at radius 2 is 1.27 bits per heavy atom. The highest BCUT2D eigenvalue weighted by atomic mass is 14.7. The van der Waals surface area contributed by atoms with Crippen LogP contribution in [0.2, 0.25) is 0 Å². The molecule has 0 aliphatic rings. The zero-order valence-electron chi connectivity index (χ0n) is 13.2. The molecule has 0 aliphatic heterocycles. The van der Waals surface area contributed by atoms with E-state index in [-0.39, 0.29) is 0 Å². The predicted molar refractivity (Wildman–Crippen MR) is 92.2 cm³/mol. The predicted octanol–water partition coefficient (Wildman–Crippen LogP) is 4.88. The van der Waals surface area contributed by atoms with Gasteiger partial charge in [0.05, 0.1) is 0 Å². The molecule has 110 valence electrons. The Kier molecular flexibility index (Phi) is 4.34. The summed E-state index contributed by atoms with van der Waals surface area (Å²) in [6.45, 7) is 4.35. The van der Waals surface area contributed by atoms with Gasteiger partial charge >= 0.3 is 0 Å². The zero-order chi connectivity index (χ0) is 15.4. The summed E-state index contributed by atoms with van der Waals surface area (Å²) in [4.78, 5) is 4.73. The molecular formula is C21H21N. The van der Waals surface area contributed by atoms with Gasteiger partial charge in [-0.1, -0.05) is 60.7 Å². The molecule has 2 aromatic carbocycles. The Hall–Kier alpha value is -2.41. The Bertz CT molecular complexity index is 746. The van der Waals surface area contributed by atoms with Crippen molar-refractivity contribution in [3.8, 4) is 0 Å². The molecule has 1 heteroatoms. The van der Waals surface area contributed by atoms with Crippen molar-refractivity contribution in [2.24, 2.45) is 0 Å². The number of pyridine rings is 1. The van der Waals surface area contributed by atoms with E-state index < -0.39 is 0 Å². The van der Waals surface area contributed by atoms with E-state index in [4.69, 9.17) is 4.98 Å². The number of rotatable bonds is 4. The average molecular weight is 287 g/mol. The fraction of sp³-hybridized carbons (Fsp3) is 0.190. The quantitative estimate of drug-likeness (QED) is 0.666. The van der Waals surface area contributed by atoms with Crippen LogP contribution < -0.4 is 0 Å². The van der Waals surface area contributed by atoms with E-state index in [1.807, 2.05) is 6.20 Å². The van der Waals surface area contributed by atoms with Crippen molar-refractivity contribution in [2.75, 3.05) is 0 Å². The lowest BCUT2D eigenvalue weighted by Crippen LogP contribution is -2.04. The molecule has 1 heterocycles. The normalized spacial score (nSPS) is 10.6. The number of hydrogen-bond donors (Lipinski definition) is 0. The van der Waals surface area contributed by atoms with Gasteiger partial charge in [0.15, 0.2) is 0 Å². The summed E-state index contributed by atoms with van der Waals surface area (Å²) in [5.41, 5.74) is 7.85. The van der Waals surface area contributed by atoms with Crippen molar-refractivity contribution in [1.82, 2.24) is 4.98 Å². The molecule has 0 spiro atoms. The highest BCUT2D eigenvalue weighted by Gasteiger charge is 2.11. The SMILES string of the molecule is Cc1cnc(Cc2ccccc2)c(Cc2ccccc2)c1C. The maximum Gasteiger partial charge on any atom is 0.0485 e. The van der Waals surface area contributed by atoms with Crippen molar-refractivity contribution >= 4 is 0 Å². The molecule has 1 aromatic heterocycles. The number of hydrogen-bond acceptors (Lipinski definition) is 1. The third kappa shape index (κ3) is 3.25. The number of aryl methyl sites for hydroxylation is 1. The van der Waals surface area contributed by atoms with Crippen molar-refractivity contribution in [3.63, 3.8) is 0 Å². The molecule has 0 fully saturated rings. The third-order valence-electron chi connectivity index (χ3n) is 4.24. The molecule has 0 amide bonds. The van der Waals surface area contributed by atoms with Crippen molar-refractivity contribution < 1.29 is 0 Å². The molecule has 0 N–H and O–H groups in total. The van der Waals surface area contributed by atoms with Gasteiger partial charge in [0, 0.05) is 18.3 Å². The monoisotopic (exact) mass is 287 g/mol. The van der Waals surface area contributed by atoms with Gasteiger partial charge in [0.25, 0.3) is 0 Å². The summed E-state index contributed by atoms with van der Waals surface area (Å²) in [7, 11) is 0. The molecule has 0 radical (unpaired) electrons. The molecule has 3 rings (SSSR count). The summed E-state index contributed by atoms with van der Waals surface area (Å²) in [6.07, 6.45) is 3.84. The summed E-state index contributed by atoms with van der Waals surface area (Å²) in [6, 6.07) is 21.2. The minimum Gasteiger partial charge on any atom is -0.260 e. The lowest BCUT2D eigenvalue weighted by molar-refractivity contribution is 0.975. The minimum absolute atomic E-state index is 0.893. The molecular weight excluding hydrogens is 266 g/mol. The molecule has 0 unspecified atom stereocenters. The van der Waals surface area contributed by atoms with E-state index in [9.17, 15) is 0 Å². The van der Waals surface area contributed by atoms with Crippen LogP contribution in [-0.4, -0.2) is 4.98 Å². The van der Waals surface area contributed by atoms with Gasteiger partial charge in [-0.25, -0.2) is 0 Å². The highest BCUT2D eigenvalue weighted by molar-refractivity contribution is 5.40. The largest absolute Gasteiger partial charge is 0.260 e. The van der Waals surface area contributed by atoms with E-state index in [0.29, 0.717) is 0 Å². The number of aromatic nitrogens is 1. The molecule has 1 nitrogen and oxygen atoms in total. The van der Waals surface area contributed by atoms with Gasteiger partial charge in [-0.2, -0.15) is 0 Å². The van der Waals surface area contributed by atoms with Crippen LogP contribution in [0.5, 0.6) is 0 Å². The maximum absolute atomic E-state index is 4.73. The van der Waals surface area contributed by atoms with E-state index in [0.717, 1.165) is 12.8 Å². The third-order valence-corrected chi connectivity index (χ3v) is 4.24. The van der Waals surface area contributed by atoms with Gasteiger partial charge in [-0.15, -0.1) is 0 Å². The second kappa shape index (κ2) is 6.57. The molecule has 22 heavy (non-hydrogen) atoms. The lowest BCUT2D eigenvalue weighted by Gasteiger charge is -2.14. The second-order valence-corrected chi connectivity index (χ2v) is 5.82. The Labute approximate surface area is 132 Å². The maximum atomic E-state index is 4.73. The first-order chi connectivity index (χ1) is 10.7. The van der Waals surface area contributed by atoms with Crippen LogP contribution in [0.15, 0.2) is 66.9 Å². The summed E-state index contributed by atoms with van der Waals surface area (Å²) in [5.74, 6) is 0. The number of nitrogens with zero attached hydrogens (tertiary/aromatic N) is 1. The number of benzene rings is 2. The topological polar surface area (TPSA) is 12.9 Å². The zero-order valence-corrected chi connectivity index (χ0v) is 13.2. The van der Waals surface area contributed by atoms with Crippen LogP contribution in [-0.2, 0) is 12.8 Å². The van der Waals surface area contributed by atoms with Gasteiger partial charge in [0.2, 0.25) is 0 Å². The first-order valence-corrected chi connectivity index (χ1v) is 7.76. The molecule has 0 atom stereocenters. The van der Waals surface area contributed by atoms with E-state index in [1.54, 1.807) is 0 Å². The summed E-state index contributed by atoms with van der Waals surface area (Å²) >= 11 is 0. The summed E-state index contributed by atoms with van der Waals surface area (Å²) < 4.78 is 0. The van der Waals surface area contributed by atoms with Crippen molar-refractivity contribution in [1.29, 1.82) is 0 Å². The first-order valence-electron chi connectivity index (χ1n) is 7.76. The van der Waals surface area contributed by atoms with Gasteiger partial charge in [0.1, 0.15) is 0 Å². The van der Waals surface area contributed by atoms with E-state index in [2.05, 4.69) is 74.5 Å². The van der Waals surface area contributed by atoms with E-state index >= 15 is 0 Å². The van der Waals surface area contributed by atoms with Crippen molar-refractivity contribution in [2.45, 2.75) is 26.7 Å². The minimum atomic E-state index is 0.893. The first kappa shape index (κ1) is 14.5. The Morgan fingerprint density at radius 1 is 0.727 bits per heavy atom. The average Bonchev–Trinajstić information content (AvgIpc) is 2.56. The van der Waals surface area contributed by atoms with Gasteiger partial charge in [-0.05, 0) is 48.1 Å². The van der Waals surface area contributed by atoms with Crippen LogP contribution in [0, 0.1) is 13.8 Å². The van der Waals surface area contributed by atoms with Crippen LogP contribution in [0.3, 0.4) is 0 Å². The molecule has 3 aromatic rings. The van der Waals surface area contributed by atoms with Crippen LogP contribution in [0.1, 0.15) is 33.5 Å². The van der Waals surface area contributed by atoms with Gasteiger partial charge < -0.3 is 0 Å². The second-order valence-electron chi connectivity index (χ2n) is 5.82. The van der Waals surface area contributed by atoms with Crippen LogP contribution in [0.25, 0.3) is 0 Å². The lowest BCUT2D eigenvalue weighted by atomic mass is 9.94. The molecule has 0 bridgehead atoms. The highest BCUT2D eigenvalue weighted by Crippen LogP contribution is 2.22. The fourth-order valence-electron chi connectivity index (χ4n) is 2.78. The van der Waals surface area contributed by atoms with Crippen LogP contribution >= 0.6 is 0 Å². The Balaban J connectivity index is 1.97. The summed E-state index contributed by atoms with van der Waals surface area (Å²) in [5, 5.41) is 0. The smallest absolute Gasteiger partial charge is 0.0485 e. The van der Waals surface area contributed by atoms with Gasteiger partial charge in [-0.3, -0.25) is 4.98 Å². The van der Waals surface area contributed by atoms with Crippen LogP contribution in [0.4, 0.5) is 0 Å². The standard InChI is InChI=1S/C21H21N/c1-16-15-22-21(14-19-11-7-4-8-12-19)20(17(16)2)13-18-9-5-3-6-10-18/h3-12,15H,13-14H2,1-2H3.